The van der Waals surface area contributed by atoms with E-state index in [0.717, 1.165) is 6.42 Å². The Morgan fingerprint density at radius 1 is 1.64 bits per heavy atom. The van der Waals surface area contributed by atoms with Crippen LogP contribution in [0.1, 0.15) is 32.6 Å². The number of hydrogen-bond acceptors (Lipinski definition) is 2. The zero-order chi connectivity index (χ0) is 10.2. The van der Waals surface area contributed by atoms with E-state index in [9.17, 15) is 4.79 Å². The second kappa shape index (κ2) is 6.28. The van der Waals surface area contributed by atoms with Crippen LogP contribution in [0.4, 0.5) is 4.79 Å². The molecule has 3 heteroatoms. The summed E-state index contributed by atoms with van der Waals surface area (Å²) >= 11 is 0. The minimum atomic E-state index is -0.334. The molecule has 0 saturated carbocycles. The average Bonchev–Trinajstić information content (AvgIpc) is 2.58. The van der Waals surface area contributed by atoms with E-state index in [1.807, 2.05) is 12.2 Å². The number of nitrogens with one attached hydrogen (secondary N) is 1. The quantitative estimate of drug-likeness (QED) is 0.540. The molecule has 0 spiro atoms. The van der Waals surface area contributed by atoms with Crippen molar-refractivity contribution in [2.75, 3.05) is 6.61 Å². The van der Waals surface area contributed by atoms with E-state index in [1.54, 1.807) is 0 Å². The molecule has 0 bridgehead atoms. The van der Waals surface area contributed by atoms with Gasteiger partial charge in [0, 0.05) is 0 Å². The number of alkyl carbamates (subject to hydrolysis) is 1. The second-order valence-electron chi connectivity index (χ2n) is 3.38. The van der Waals surface area contributed by atoms with Crippen molar-refractivity contribution < 1.29 is 9.53 Å². The first-order valence-corrected chi connectivity index (χ1v) is 5.17. The number of cyclic esters (lactones) is 1. The number of hydrogen-bond donors (Lipinski definition) is 1. The number of unbranched alkanes of at least 4 members (excludes halogenated alkanes) is 3. The van der Waals surface area contributed by atoms with Gasteiger partial charge in [0.2, 0.25) is 0 Å². The van der Waals surface area contributed by atoms with E-state index >= 15 is 0 Å². The first kappa shape index (κ1) is 10.9. The van der Waals surface area contributed by atoms with Crippen molar-refractivity contribution in [1.29, 1.82) is 0 Å². The predicted octanol–water partition coefficient (Wildman–Crippen LogP) is 2.39. The molecule has 0 aliphatic carbocycles. The monoisotopic (exact) mass is 195 g/mol. The third kappa shape index (κ3) is 4.15. The smallest absolute Gasteiger partial charge is 0.407 e. The predicted molar refractivity (Wildman–Crippen MR) is 55.1 cm³/mol. The molecule has 1 unspecified atom stereocenters. The molecular formula is C11H17NO2. The van der Waals surface area contributed by atoms with Crippen LogP contribution >= 0.6 is 0 Å². The first-order chi connectivity index (χ1) is 6.83. The summed E-state index contributed by atoms with van der Waals surface area (Å²) in [6.45, 7) is 2.61. The summed E-state index contributed by atoms with van der Waals surface area (Å²) in [5.41, 5.74) is 3.06. The van der Waals surface area contributed by atoms with Gasteiger partial charge in [-0.25, -0.2) is 4.79 Å². The molecule has 1 heterocycles. The number of ether oxygens (including phenoxy) is 1. The Balaban J connectivity index is 2.15. The molecule has 0 radical (unpaired) electrons. The van der Waals surface area contributed by atoms with Crippen molar-refractivity contribution >= 4 is 6.09 Å². The van der Waals surface area contributed by atoms with Gasteiger partial charge in [-0.1, -0.05) is 19.8 Å². The van der Waals surface area contributed by atoms with Crippen LogP contribution in [0.2, 0.25) is 0 Å². The van der Waals surface area contributed by atoms with E-state index in [2.05, 4.69) is 18.0 Å². The van der Waals surface area contributed by atoms with E-state index in [-0.39, 0.29) is 12.1 Å². The summed E-state index contributed by atoms with van der Waals surface area (Å²) in [5, 5.41) is 2.66. The number of amides is 1. The Morgan fingerprint density at radius 2 is 2.50 bits per heavy atom. The molecule has 0 aromatic heterocycles. The molecule has 1 N–H and O–H groups in total. The molecule has 0 aromatic rings. The lowest BCUT2D eigenvalue weighted by atomic mass is 10.2. The summed E-state index contributed by atoms with van der Waals surface area (Å²) in [5.74, 6) is 0. The number of carbonyl (C=O) groups is 1. The van der Waals surface area contributed by atoms with Crippen molar-refractivity contribution in [2.45, 2.75) is 38.6 Å². The summed E-state index contributed by atoms with van der Waals surface area (Å²) in [7, 11) is 0. The minimum Gasteiger partial charge on any atom is -0.447 e. The Hall–Kier alpha value is -1.21. The zero-order valence-corrected chi connectivity index (χ0v) is 8.58. The standard InChI is InChI=1S/C11H17NO2/c1-2-3-4-5-6-7-8-10-9-14-11(13)12-10/h6,8,10H,2-5,9H2,1H3,(H,12,13). The maximum atomic E-state index is 10.6. The molecule has 1 saturated heterocycles. The second-order valence-corrected chi connectivity index (χ2v) is 3.38. The highest BCUT2D eigenvalue weighted by Gasteiger charge is 2.18. The largest absolute Gasteiger partial charge is 0.447 e. The lowest BCUT2D eigenvalue weighted by Crippen LogP contribution is -2.23. The van der Waals surface area contributed by atoms with Gasteiger partial charge in [0.05, 0.1) is 6.04 Å². The Kier molecular flexibility index (Phi) is 4.87. The fourth-order valence-electron chi connectivity index (χ4n) is 1.25. The van der Waals surface area contributed by atoms with Gasteiger partial charge < -0.3 is 10.1 Å². The third-order valence-electron chi connectivity index (χ3n) is 2.06. The van der Waals surface area contributed by atoms with Crippen LogP contribution in [0.5, 0.6) is 0 Å². The molecule has 1 aliphatic heterocycles. The van der Waals surface area contributed by atoms with Crippen LogP contribution in [-0.4, -0.2) is 18.7 Å². The van der Waals surface area contributed by atoms with E-state index < -0.39 is 0 Å². The normalized spacial score (nSPS) is 19.5. The van der Waals surface area contributed by atoms with Gasteiger partial charge in [0.25, 0.3) is 0 Å². The van der Waals surface area contributed by atoms with Crippen LogP contribution in [0, 0.1) is 0 Å². The van der Waals surface area contributed by atoms with Gasteiger partial charge in [-0.2, -0.15) is 0 Å². The molecule has 0 aromatic carbocycles. The molecule has 1 fully saturated rings. The van der Waals surface area contributed by atoms with Gasteiger partial charge in [0.1, 0.15) is 6.61 Å². The highest BCUT2D eigenvalue weighted by Crippen LogP contribution is 2.00. The maximum absolute atomic E-state index is 10.6. The summed E-state index contributed by atoms with van der Waals surface area (Å²) < 4.78 is 4.73. The van der Waals surface area contributed by atoms with Gasteiger partial charge >= 0.3 is 6.09 Å². The highest BCUT2D eigenvalue weighted by molar-refractivity contribution is 5.70. The Labute approximate surface area is 84.8 Å². The molecule has 1 rings (SSSR count). The highest BCUT2D eigenvalue weighted by atomic mass is 16.6. The first-order valence-electron chi connectivity index (χ1n) is 5.17. The molecule has 1 amide bonds. The maximum Gasteiger partial charge on any atom is 0.407 e. The van der Waals surface area contributed by atoms with Gasteiger partial charge in [-0.3, -0.25) is 0 Å². The Bertz CT molecular complexity index is 242. The SMILES string of the molecule is CCCCCC=C=CC1COC(=O)N1. The van der Waals surface area contributed by atoms with Crippen LogP contribution in [0.3, 0.4) is 0 Å². The topological polar surface area (TPSA) is 38.3 Å². The molecule has 1 atom stereocenters. The van der Waals surface area contributed by atoms with E-state index in [1.165, 1.54) is 19.3 Å². The van der Waals surface area contributed by atoms with Gasteiger partial charge in [-0.05, 0) is 25.0 Å². The summed E-state index contributed by atoms with van der Waals surface area (Å²) in [4.78, 5) is 10.6. The van der Waals surface area contributed by atoms with Crippen molar-refractivity contribution in [1.82, 2.24) is 5.32 Å². The fourth-order valence-corrected chi connectivity index (χ4v) is 1.25. The van der Waals surface area contributed by atoms with Crippen molar-refractivity contribution in [3.8, 4) is 0 Å². The third-order valence-corrected chi connectivity index (χ3v) is 2.06. The molecule has 78 valence electrons. The van der Waals surface area contributed by atoms with E-state index in [0.29, 0.717) is 6.61 Å². The molecular weight excluding hydrogens is 178 g/mol. The van der Waals surface area contributed by atoms with Crippen LogP contribution in [0.25, 0.3) is 0 Å². The molecule has 1 aliphatic rings. The average molecular weight is 195 g/mol. The number of rotatable bonds is 5. The Morgan fingerprint density at radius 3 is 3.14 bits per heavy atom. The van der Waals surface area contributed by atoms with E-state index in [4.69, 9.17) is 4.74 Å². The summed E-state index contributed by atoms with van der Waals surface area (Å²) in [6, 6.07) is 0.00456. The van der Waals surface area contributed by atoms with Crippen molar-refractivity contribution in [3.63, 3.8) is 0 Å². The zero-order valence-electron chi connectivity index (χ0n) is 8.58. The lowest BCUT2D eigenvalue weighted by Gasteiger charge is -1.94. The van der Waals surface area contributed by atoms with Crippen LogP contribution in [-0.2, 0) is 4.74 Å². The fraction of sp³-hybridized carbons (Fsp3) is 0.636. The lowest BCUT2D eigenvalue weighted by molar-refractivity contribution is 0.177. The molecule has 14 heavy (non-hydrogen) atoms. The minimum absolute atomic E-state index is 0.00456. The van der Waals surface area contributed by atoms with Crippen molar-refractivity contribution in [2.24, 2.45) is 0 Å². The summed E-state index contributed by atoms with van der Waals surface area (Å²) in [6.07, 6.45) is 8.30. The molecule has 3 nitrogen and oxygen atoms in total. The van der Waals surface area contributed by atoms with Gasteiger partial charge in [0.15, 0.2) is 0 Å². The van der Waals surface area contributed by atoms with Crippen LogP contribution in [0.15, 0.2) is 17.9 Å². The number of carbonyl (C=O) groups excluding carboxylic acids is 1. The van der Waals surface area contributed by atoms with Crippen molar-refractivity contribution in [3.05, 3.63) is 17.9 Å². The van der Waals surface area contributed by atoms with Crippen LogP contribution < -0.4 is 5.32 Å². The van der Waals surface area contributed by atoms with Gasteiger partial charge in [-0.15, -0.1) is 5.73 Å².